The standard InChI is InChI=1S/C12H16N2O4S/c1-6(2)14-8(15)4-18-10(12(16)17)9(14)11-13-7(3)5-19-11/h5-6,9-10H,4H2,1-3H3,(H,16,17). The smallest absolute Gasteiger partial charge is 0.335 e. The number of aliphatic carboxylic acids is 1. The van der Waals surface area contributed by atoms with Gasteiger partial charge in [-0.15, -0.1) is 11.3 Å². The number of hydrogen-bond donors (Lipinski definition) is 1. The Bertz CT molecular complexity index is 500. The second-order valence-electron chi connectivity index (χ2n) is 4.74. The first kappa shape index (κ1) is 14.0. The highest BCUT2D eigenvalue weighted by atomic mass is 32.1. The molecule has 1 aromatic rings. The fourth-order valence-corrected chi connectivity index (χ4v) is 3.12. The van der Waals surface area contributed by atoms with E-state index in [9.17, 15) is 14.7 Å². The van der Waals surface area contributed by atoms with Crippen molar-refractivity contribution < 1.29 is 19.4 Å². The molecule has 2 rings (SSSR count). The average molecular weight is 284 g/mol. The number of thiazole rings is 1. The van der Waals surface area contributed by atoms with Gasteiger partial charge in [0.2, 0.25) is 5.91 Å². The molecule has 0 aliphatic carbocycles. The van der Waals surface area contributed by atoms with Crippen molar-refractivity contribution in [2.24, 2.45) is 0 Å². The monoisotopic (exact) mass is 284 g/mol. The first-order valence-electron chi connectivity index (χ1n) is 5.99. The Labute approximate surface area is 115 Å². The summed E-state index contributed by atoms with van der Waals surface area (Å²) in [5.41, 5.74) is 0.811. The van der Waals surface area contributed by atoms with Gasteiger partial charge in [0.25, 0.3) is 0 Å². The number of carboxylic acids is 1. The maximum Gasteiger partial charge on any atom is 0.335 e. The van der Waals surface area contributed by atoms with Gasteiger partial charge in [-0.2, -0.15) is 0 Å². The van der Waals surface area contributed by atoms with Crippen molar-refractivity contribution in [3.8, 4) is 0 Å². The van der Waals surface area contributed by atoms with Crippen LogP contribution in [0.25, 0.3) is 0 Å². The van der Waals surface area contributed by atoms with E-state index in [1.54, 1.807) is 4.90 Å². The van der Waals surface area contributed by atoms with Gasteiger partial charge in [-0.25, -0.2) is 9.78 Å². The summed E-state index contributed by atoms with van der Waals surface area (Å²) in [5, 5.41) is 11.7. The van der Waals surface area contributed by atoms with Crippen LogP contribution in [0.15, 0.2) is 5.38 Å². The summed E-state index contributed by atoms with van der Waals surface area (Å²) in [6.07, 6.45) is -1.06. The summed E-state index contributed by atoms with van der Waals surface area (Å²) in [4.78, 5) is 29.2. The van der Waals surface area contributed by atoms with Crippen molar-refractivity contribution in [2.45, 2.75) is 39.0 Å². The molecule has 0 radical (unpaired) electrons. The normalized spacial score (nSPS) is 24.0. The summed E-state index contributed by atoms with van der Waals surface area (Å²) in [6, 6.07) is -0.759. The van der Waals surface area contributed by atoms with Crippen LogP contribution >= 0.6 is 11.3 Å². The van der Waals surface area contributed by atoms with Crippen molar-refractivity contribution in [2.75, 3.05) is 6.61 Å². The zero-order chi connectivity index (χ0) is 14.2. The predicted octanol–water partition coefficient (Wildman–Crippen LogP) is 1.21. The van der Waals surface area contributed by atoms with Crippen LogP contribution in [-0.4, -0.2) is 45.6 Å². The van der Waals surface area contributed by atoms with Crippen LogP contribution in [0.1, 0.15) is 30.6 Å². The van der Waals surface area contributed by atoms with Crippen molar-refractivity contribution >= 4 is 23.2 Å². The third kappa shape index (κ3) is 2.62. The number of ether oxygens (including phenoxy) is 1. The quantitative estimate of drug-likeness (QED) is 0.902. The lowest BCUT2D eigenvalue weighted by atomic mass is 10.1. The van der Waals surface area contributed by atoms with Crippen molar-refractivity contribution in [1.82, 2.24) is 9.88 Å². The Balaban J connectivity index is 2.43. The maximum atomic E-state index is 12.0. The fourth-order valence-electron chi connectivity index (χ4n) is 2.20. The third-order valence-corrected chi connectivity index (χ3v) is 3.98. The molecule has 104 valence electrons. The fraction of sp³-hybridized carbons (Fsp3) is 0.583. The minimum absolute atomic E-state index is 0.104. The predicted molar refractivity (Wildman–Crippen MR) is 68.9 cm³/mol. The van der Waals surface area contributed by atoms with E-state index in [-0.39, 0.29) is 18.6 Å². The molecule has 19 heavy (non-hydrogen) atoms. The zero-order valence-electron chi connectivity index (χ0n) is 11.0. The number of carbonyl (C=O) groups excluding carboxylic acids is 1. The van der Waals surface area contributed by atoms with E-state index in [0.717, 1.165) is 5.69 Å². The molecule has 1 fully saturated rings. The number of rotatable bonds is 3. The minimum atomic E-state index is -1.07. The number of amides is 1. The topological polar surface area (TPSA) is 79.7 Å². The van der Waals surface area contributed by atoms with Crippen LogP contribution in [0.5, 0.6) is 0 Å². The van der Waals surface area contributed by atoms with Crippen molar-refractivity contribution in [3.63, 3.8) is 0 Å². The van der Waals surface area contributed by atoms with Gasteiger partial charge in [0.05, 0.1) is 0 Å². The number of carboxylic acid groups (broad SMARTS) is 1. The Morgan fingerprint density at radius 2 is 2.32 bits per heavy atom. The van der Waals surface area contributed by atoms with Gasteiger partial charge in [0.15, 0.2) is 6.10 Å². The van der Waals surface area contributed by atoms with Crippen LogP contribution in [0.2, 0.25) is 0 Å². The van der Waals surface area contributed by atoms with Crippen LogP contribution in [0.4, 0.5) is 0 Å². The molecule has 1 aliphatic rings. The molecular weight excluding hydrogens is 268 g/mol. The molecule has 0 bridgehead atoms. The molecule has 1 aromatic heterocycles. The summed E-state index contributed by atoms with van der Waals surface area (Å²) in [5.74, 6) is -1.28. The van der Waals surface area contributed by atoms with E-state index in [1.165, 1.54) is 11.3 Å². The van der Waals surface area contributed by atoms with E-state index in [4.69, 9.17) is 4.74 Å². The van der Waals surface area contributed by atoms with E-state index in [0.29, 0.717) is 5.01 Å². The molecule has 1 amide bonds. The molecule has 1 aliphatic heterocycles. The van der Waals surface area contributed by atoms with Gasteiger partial charge in [0, 0.05) is 17.1 Å². The lowest BCUT2D eigenvalue weighted by Gasteiger charge is -2.40. The molecule has 2 atom stereocenters. The number of aromatic nitrogens is 1. The van der Waals surface area contributed by atoms with Gasteiger partial charge >= 0.3 is 5.97 Å². The van der Waals surface area contributed by atoms with Gasteiger partial charge < -0.3 is 14.7 Å². The average Bonchev–Trinajstić information content (AvgIpc) is 2.74. The minimum Gasteiger partial charge on any atom is -0.479 e. The highest BCUT2D eigenvalue weighted by Gasteiger charge is 2.44. The Hall–Kier alpha value is -1.47. The molecule has 0 saturated carbocycles. The lowest BCUT2D eigenvalue weighted by molar-refractivity contribution is -0.175. The Kier molecular flexibility index (Phi) is 3.86. The second-order valence-corrected chi connectivity index (χ2v) is 5.63. The molecule has 7 heteroatoms. The van der Waals surface area contributed by atoms with E-state index >= 15 is 0 Å². The number of nitrogens with zero attached hydrogens (tertiary/aromatic N) is 2. The summed E-state index contributed by atoms with van der Waals surface area (Å²) >= 11 is 1.35. The van der Waals surface area contributed by atoms with Crippen LogP contribution in [0, 0.1) is 6.92 Å². The van der Waals surface area contributed by atoms with Crippen LogP contribution < -0.4 is 0 Å². The Morgan fingerprint density at radius 3 is 2.79 bits per heavy atom. The molecular formula is C12H16N2O4S. The van der Waals surface area contributed by atoms with Crippen LogP contribution in [-0.2, 0) is 14.3 Å². The van der Waals surface area contributed by atoms with Crippen molar-refractivity contribution in [1.29, 1.82) is 0 Å². The first-order valence-corrected chi connectivity index (χ1v) is 6.87. The highest BCUT2D eigenvalue weighted by molar-refractivity contribution is 7.09. The summed E-state index contributed by atoms with van der Waals surface area (Å²) in [7, 11) is 0. The Morgan fingerprint density at radius 1 is 1.63 bits per heavy atom. The molecule has 0 aromatic carbocycles. The molecule has 1 saturated heterocycles. The van der Waals surface area contributed by atoms with Gasteiger partial charge in [-0.3, -0.25) is 4.79 Å². The molecule has 0 spiro atoms. The highest BCUT2D eigenvalue weighted by Crippen LogP contribution is 2.33. The van der Waals surface area contributed by atoms with Gasteiger partial charge in [-0.1, -0.05) is 0 Å². The molecule has 1 N–H and O–H groups in total. The number of hydrogen-bond acceptors (Lipinski definition) is 5. The largest absolute Gasteiger partial charge is 0.479 e. The van der Waals surface area contributed by atoms with Gasteiger partial charge in [-0.05, 0) is 20.8 Å². The number of carbonyl (C=O) groups is 2. The van der Waals surface area contributed by atoms with E-state index < -0.39 is 18.1 Å². The first-order chi connectivity index (χ1) is 8.91. The lowest BCUT2D eigenvalue weighted by Crippen LogP contribution is -2.54. The number of aryl methyl sites for hydroxylation is 1. The molecule has 2 heterocycles. The maximum absolute atomic E-state index is 12.0. The summed E-state index contributed by atoms with van der Waals surface area (Å²) in [6.45, 7) is 5.35. The number of morpholine rings is 1. The van der Waals surface area contributed by atoms with Gasteiger partial charge in [0.1, 0.15) is 17.7 Å². The SMILES string of the molecule is Cc1csc(C2C(C(=O)O)OCC(=O)N2C(C)C)n1. The van der Waals surface area contributed by atoms with Crippen molar-refractivity contribution in [3.05, 3.63) is 16.1 Å². The summed E-state index contributed by atoms with van der Waals surface area (Å²) < 4.78 is 5.18. The zero-order valence-corrected chi connectivity index (χ0v) is 11.8. The third-order valence-electron chi connectivity index (χ3n) is 2.95. The molecule has 6 nitrogen and oxygen atoms in total. The second kappa shape index (κ2) is 5.26. The van der Waals surface area contributed by atoms with Crippen LogP contribution in [0.3, 0.4) is 0 Å². The van der Waals surface area contributed by atoms with E-state index in [1.807, 2.05) is 26.2 Å². The molecule has 2 unspecified atom stereocenters. The van der Waals surface area contributed by atoms with E-state index in [2.05, 4.69) is 4.98 Å².